The van der Waals surface area contributed by atoms with Crippen LogP contribution in [0.2, 0.25) is 5.02 Å². The second kappa shape index (κ2) is 6.69. The Kier molecular flexibility index (Phi) is 5.11. The molecule has 0 heterocycles. The van der Waals surface area contributed by atoms with Crippen molar-refractivity contribution in [3.63, 3.8) is 0 Å². The minimum atomic E-state index is -3.60. The molecule has 0 aliphatic heterocycles. The summed E-state index contributed by atoms with van der Waals surface area (Å²) in [5.74, 6) is 0.657. The molecule has 0 amide bonds. The predicted molar refractivity (Wildman–Crippen MR) is 87.9 cm³/mol. The predicted octanol–water partition coefficient (Wildman–Crippen LogP) is 3.70. The highest BCUT2D eigenvalue weighted by Gasteiger charge is 2.19. The van der Waals surface area contributed by atoms with Gasteiger partial charge in [0.25, 0.3) is 0 Å². The van der Waals surface area contributed by atoms with Crippen molar-refractivity contribution in [2.75, 3.05) is 7.11 Å². The molecule has 22 heavy (non-hydrogen) atoms. The third kappa shape index (κ3) is 3.80. The summed E-state index contributed by atoms with van der Waals surface area (Å²) in [6.07, 6.45) is 0. The van der Waals surface area contributed by atoms with E-state index >= 15 is 0 Å². The average Bonchev–Trinajstić information content (AvgIpc) is 2.47. The van der Waals surface area contributed by atoms with E-state index in [1.807, 2.05) is 0 Å². The van der Waals surface area contributed by atoms with Crippen molar-refractivity contribution in [3.05, 3.63) is 58.6 Å². The second-order valence-corrected chi connectivity index (χ2v) is 7.18. The Balaban J connectivity index is 2.23. The van der Waals surface area contributed by atoms with Gasteiger partial charge in [-0.2, -0.15) is 0 Å². The maximum absolute atomic E-state index is 12.5. The van der Waals surface area contributed by atoms with Gasteiger partial charge in [0.05, 0.1) is 12.0 Å². The first-order chi connectivity index (χ1) is 10.3. The third-order valence-corrected chi connectivity index (χ3v) is 5.17. The maximum Gasteiger partial charge on any atom is 0.241 e. The lowest BCUT2D eigenvalue weighted by Crippen LogP contribution is -2.26. The fourth-order valence-corrected chi connectivity index (χ4v) is 3.58. The summed E-state index contributed by atoms with van der Waals surface area (Å²) in [6, 6.07) is 11.5. The number of aryl methyl sites for hydroxylation is 1. The fraction of sp³-hybridized carbons (Fsp3) is 0.250. The molecule has 0 aliphatic rings. The smallest absolute Gasteiger partial charge is 0.241 e. The van der Waals surface area contributed by atoms with Crippen LogP contribution in [0.25, 0.3) is 0 Å². The zero-order chi connectivity index (χ0) is 16.3. The number of hydrogen-bond acceptors (Lipinski definition) is 3. The third-order valence-electron chi connectivity index (χ3n) is 3.38. The maximum atomic E-state index is 12.5. The summed E-state index contributed by atoms with van der Waals surface area (Å²) in [6.45, 7) is 3.59. The molecule has 0 saturated carbocycles. The molecule has 0 fully saturated rings. The van der Waals surface area contributed by atoms with Gasteiger partial charge in [0.2, 0.25) is 10.0 Å². The molecule has 4 nitrogen and oxygen atoms in total. The highest BCUT2D eigenvalue weighted by molar-refractivity contribution is 7.89. The summed E-state index contributed by atoms with van der Waals surface area (Å²) in [4.78, 5) is 0.214. The van der Waals surface area contributed by atoms with Crippen molar-refractivity contribution < 1.29 is 13.2 Å². The quantitative estimate of drug-likeness (QED) is 0.903. The summed E-state index contributed by atoms with van der Waals surface area (Å²) >= 11 is 5.84. The monoisotopic (exact) mass is 339 g/mol. The Morgan fingerprint density at radius 2 is 1.77 bits per heavy atom. The van der Waals surface area contributed by atoms with E-state index in [0.717, 1.165) is 11.1 Å². The van der Waals surface area contributed by atoms with E-state index in [2.05, 4.69) is 4.72 Å². The largest absolute Gasteiger partial charge is 0.496 e. The average molecular weight is 340 g/mol. The minimum absolute atomic E-state index is 0.214. The van der Waals surface area contributed by atoms with Gasteiger partial charge in [0, 0.05) is 11.1 Å². The van der Waals surface area contributed by atoms with E-state index in [0.29, 0.717) is 10.8 Å². The van der Waals surface area contributed by atoms with Gasteiger partial charge in [-0.3, -0.25) is 0 Å². The number of benzene rings is 2. The molecule has 0 spiro atoms. The molecule has 1 atom stereocenters. The zero-order valence-electron chi connectivity index (χ0n) is 12.6. The Morgan fingerprint density at radius 3 is 2.32 bits per heavy atom. The summed E-state index contributed by atoms with van der Waals surface area (Å²) in [7, 11) is -2.05. The lowest BCUT2D eigenvalue weighted by atomic mass is 10.1. The molecule has 0 aliphatic carbocycles. The molecule has 2 aromatic rings. The number of rotatable bonds is 5. The van der Waals surface area contributed by atoms with Crippen molar-refractivity contribution in [2.45, 2.75) is 24.8 Å². The van der Waals surface area contributed by atoms with Crippen LogP contribution >= 0.6 is 11.6 Å². The lowest BCUT2D eigenvalue weighted by Gasteiger charge is -2.15. The van der Waals surface area contributed by atoms with Gasteiger partial charge < -0.3 is 4.74 Å². The van der Waals surface area contributed by atoms with Gasteiger partial charge in [0.15, 0.2) is 0 Å². The Labute approximate surface area is 136 Å². The molecule has 2 aromatic carbocycles. The van der Waals surface area contributed by atoms with Crippen LogP contribution in [0.1, 0.15) is 24.1 Å². The van der Waals surface area contributed by atoms with E-state index in [1.165, 1.54) is 6.07 Å². The second-order valence-electron chi connectivity index (χ2n) is 5.03. The van der Waals surface area contributed by atoms with Crippen LogP contribution in [-0.4, -0.2) is 15.5 Å². The molecule has 118 valence electrons. The Bertz CT molecular complexity index is 757. The van der Waals surface area contributed by atoms with Gasteiger partial charge in [-0.25, -0.2) is 13.1 Å². The number of ether oxygens (including phenoxy) is 1. The van der Waals surface area contributed by atoms with Crippen molar-refractivity contribution in [1.29, 1.82) is 0 Å². The van der Waals surface area contributed by atoms with Crippen molar-refractivity contribution >= 4 is 21.6 Å². The van der Waals surface area contributed by atoms with E-state index in [-0.39, 0.29) is 10.9 Å². The van der Waals surface area contributed by atoms with Gasteiger partial charge in [-0.1, -0.05) is 23.7 Å². The Morgan fingerprint density at radius 1 is 1.14 bits per heavy atom. The first kappa shape index (κ1) is 16.8. The van der Waals surface area contributed by atoms with Crippen LogP contribution in [0.3, 0.4) is 0 Å². The van der Waals surface area contributed by atoms with Crippen LogP contribution in [0.15, 0.2) is 47.4 Å². The van der Waals surface area contributed by atoms with E-state index in [4.69, 9.17) is 16.3 Å². The summed E-state index contributed by atoms with van der Waals surface area (Å²) in [5.41, 5.74) is 1.61. The molecule has 6 heteroatoms. The molecule has 0 bridgehead atoms. The molecular formula is C16H18ClNO3S. The van der Waals surface area contributed by atoms with Crippen molar-refractivity contribution in [2.24, 2.45) is 0 Å². The van der Waals surface area contributed by atoms with Crippen LogP contribution in [-0.2, 0) is 10.0 Å². The van der Waals surface area contributed by atoms with Gasteiger partial charge >= 0.3 is 0 Å². The van der Waals surface area contributed by atoms with Crippen molar-refractivity contribution in [3.8, 4) is 5.75 Å². The number of sulfonamides is 1. The molecule has 0 aromatic heterocycles. The molecule has 1 N–H and O–H groups in total. The summed E-state index contributed by atoms with van der Waals surface area (Å²) in [5, 5.41) is 0.615. The van der Waals surface area contributed by atoms with E-state index in [1.54, 1.807) is 57.4 Å². The lowest BCUT2D eigenvalue weighted by molar-refractivity contribution is 0.411. The number of methoxy groups -OCH3 is 1. The number of nitrogens with one attached hydrogen (secondary N) is 1. The minimum Gasteiger partial charge on any atom is -0.496 e. The van der Waals surface area contributed by atoms with Crippen molar-refractivity contribution in [1.82, 2.24) is 4.72 Å². The normalized spacial score (nSPS) is 12.9. The van der Waals surface area contributed by atoms with E-state index in [9.17, 15) is 8.42 Å². The molecule has 1 unspecified atom stereocenters. The van der Waals surface area contributed by atoms with Gasteiger partial charge in [-0.05, 0) is 55.3 Å². The number of hydrogen-bond donors (Lipinski definition) is 1. The topological polar surface area (TPSA) is 55.4 Å². The highest BCUT2D eigenvalue weighted by atomic mass is 35.5. The highest BCUT2D eigenvalue weighted by Crippen LogP contribution is 2.23. The van der Waals surface area contributed by atoms with Gasteiger partial charge in [-0.15, -0.1) is 0 Å². The van der Waals surface area contributed by atoms with Crippen LogP contribution in [0.5, 0.6) is 5.75 Å². The fourth-order valence-electron chi connectivity index (χ4n) is 2.14. The first-order valence-electron chi connectivity index (χ1n) is 6.76. The van der Waals surface area contributed by atoms with Crippen LogP contribution in [0.4, 0.5) is 0 Å². The molecule has 0 saturated heterocycles. The SMILES string of the molecule is COc1ccc(S(=O)(=O)NC(C)c2ccc(Cl)cc2)cc1C. The zero-order valence-corrected chi connectivity index (χ0v) is 14.2. The van der Waals surface area contributed by atoms with Crippen LogP contribution in [0, 0.1) is 6.92 Å². The van der Waals surface area contributed by atoms with Gasteiger partial charge in [0.1, 0.15) is 5.75 Å². The summed E-state index contributed by atoms with van der Waals surface area (Å²) < 4.78 is 32.7. The first-order valence-corrected chi connectivity index (χ1v) is 8.62. The molecule has 2 rings (SSSR count). The number of halogens is 1. The molecular weight excluding hydrogens is 322 g/mol. The standard InChI is InChI=1S/C16H18ClNO3S/c1-11-10-15(8-9-16(11)21-3)22(19,20)18-12(2)13-4-6-14(17)7-5-13/h4-10,12,18H,1-3H3. The molecule has 0 radical (unpaired) electrons. The van der Waals surface area contributed by atoms with E-state index < -0.39 is 10.0 Å². The Hall–Kier alpha value is -1.56. The van der Waals surface area contributed by atoms with Crippen LogP contribution < -0.4 is 9.46 Å².